The van der Waals surface area contributed by atoms with Crippen molar-refractivity contribution in [3.63, 3.8) is 0 Å². The van der Waals surface area contributed by atoms with Crippen LogP contribution in [-0.2, 0) is 4.79 Å². The van der Waals surface area contributed by atoms with Crippen molar-refractivity contribution in [2.24, 2.45) is 0 Å². The molecule has 0 spiro atoms. The number of benzene rings is 2. The number of carboxylic acids is 1. The van der Waals surface area contributed by atoms with Crippen LogP contribution in [0, 0.1) is 11.3 Å². The average molecular weight is 250 g/mol. The minimum atomic E-state index is -0.963. The second-order valence-electron chi connectivity index (χ2n) is 3.88. The first-order valence-corrected chi connectivity index (χ1v) is 5.70. The molecule has 0 saturated carbocycles. The minimum Gasteiger partial charge on any atom is -0.477 e. The molecule has 0 aliphatic heterocycles. The number of aliphatic carboxylic acids is 1. The first-order chi connectivity index (χ1) is 9.77. The zero-order valence-corrected chi connectivity index (χ0v) is 10.0. The summed E-state index contributed by atoms with van der Waals surface area (Å²) in [5, 5.41) is 13.2. The van der Waals surface area contributed by atoms with Gasteiger partial charge in [0.1, 0.15) is 11.6 Å². The summed E-state index contributed by atoms with van der Waals surface area (Å²) in [5.41, 5.74) is 1.73. The Hall–Kier alpha value is -2.86. The lowest BCUT2D eigenvalue weighted by atomic mass is 9.93. The zero-order chi connectivity index (χ0) is 14.4. The van der Waals surface area contributed by atoms with E-state index in [1.54, 1.807) is 24.3 Å². The molecule has 3 heteroatoms. The number of carboxylic acid groups (broad SMARTS) is 1. The highest BCUT2D eigenvalue weighted by Gasteiger charge is 2.17. The second kappa shape index (κ2) is 5.65. The van der Waals surface area contributed by atoms with Crippen molar-refractivity contribution in [3.05, 3.63) is 77.4 Å². The molecule has 0 unspecified atom stereocenters. The maximum absolute atomic E-state index is 11.6. The number of rotatable bonds is 3. The Morgan fingerprint density at radius 2 is 1.47 bits per heavy atom. The molecular formula is C16H11NO2. The van der Waals surface area contributed by atoms with Crippen molar-refractivity contribution < 1.29 is 9.90 Å². The Labute approximate surface area is 112 Å². The molecule has 0 amide bonds. The van der Waals surface area contributed by atoms with Gasteiger partial charge in [-0.25, -0.2) is 4.79 Å². The third-order valence-electron chi connectivity index (χ3n) is 2.69. The molecule has 2 aromatic rings. The number of hydrogen-bond donors (Lipinski definition) is 1. The van der Waals surface area contributed by atoms with Crippen molar-refractivity contribution in [2.45, 2.75) is 0 Å². The molecule has 0 aromatic heterocycles. The van der Waals surface area contributed by atoms with E-state index in [1.165, 1.54) is 0 Å². The summed E-state index contributed by atoms with van der Waals surface area (Å²) in [6.45, 7) is 0. The van der Waals surface area contributed by atoms with E-state index < -0.39 is 5.97 Å². The lowest BCUT2D eigenvalue weighted by molar-refractivity contribution is -0.132. The van der Waals surface area contributed by atoms with Gasteiger partial charge >= 0.3 is 5.97 Å². The van der Waals surface area contributed by atoms with Crippen LogP contribution in [0.15, 0.2) is 66.2 Å². The fraction of sp³-hybridized carbons (Fsp3) is 0. The largest absolute Gasteiger partial charge is 0.477 e. The number of nitriles is 1. The molecule has 0 fully saturated rings. The normalized spacial score (nSPS) is 9.95. The van der Waals surface area contributed by atoms with Crippen LogP contribution in [0.25, 0.3) is 7.00 Å². The van der Waals surface area contributed by atoms with E-state index in [0.29, 0.717) is 5.57 Å². The van der Waals surface area contributed by atoms with E-state index in [-0.39, 0.29) is 5.57 Å². The smallest absolute Gasteiger partial charge is 0.347 e. The van der Waals surface area contributed by atoms with Gasteiger partial charge in [0.2, 0.25) is 0 Å². The standard InChI is InChI=1S/C16H11NO2/c17-11-14(16(18)19)15(12-7-3-1-4-8-12)13-9-5-2-6-10-13/h1-10H,(H,18,19)/i/hD. The zero-order valence-electron chi connectivity index (χ0n) is 11.0. The predicted molar refractivity (Wildman–Crippen MR) is 72.2 cm³/mol. The summed E-state index contributed by atoms with van der Waals surface area (Å²) in [5.74, 6) is -0.963. The second-order valence-corrected chi connectivity index (χ2v) is 3.88. The molecule has 1 N–H and O–H groups in total. The summed E-state index contributed by atoms with van der Waals surface area (Å²) >= 11 is 0. The van der Waals surface area contributed by atoms with Crippen molar-refractivity contribution in [1.29, 1.82) is 6.69 Å². The Kier molecular flexibility index (Phi) is 3.35. The lowest BCUT2D eigenvalue weighted by Gasteiger charge is -2.09. The molecule has 0 saturated heterocycles. The van der Waals surface area contributed by atoms with Gasteiger partial charge in [-0.1, -0.05) is 60.7 Å². The first-order valence-electron chi connectivity index (χ1n) is 6.11. The van der Waals surface area contributed by atoms with E-state index in [4.69, 9.17) is 1.43 Å². The van der Waals surface area contributed by atoms with Crippen LogP contribution >= 0.6 is 0 Å². The third kappa shape index (κ3) is 2.70. The molecule has 0 bridgehead atoms. The van der Waals surface area contributed by atoms with Crippen molar-refractivity contribution in [2.75, 3.05) is 0 Å². The quantitative estimate of drug-likeness (QED) is 0.672. The molecule has 0 atom stereocenters. The van der Waals surface area contributed by atoms with Crippen LogP contribution in [0.1, 0.15) is 11.1 Å². The summed E-state index contributed by atoms with van der Waals surface area (Å²) in [6.07, 6.45) is 0. The van der Waals surface area contributed by atoms with Crippen LogP contribution in [0.4, 0.5) is 0 Å². The molecule has 19 heavy (non-hydrogen) atoms. The molecule has 0 aliphatic carbocycles. The Bertz CT molecular complexity index is 631. The van der Waals surface area contributed by atoms with Crippen LogP contribution < -0.4 is 0 Å². The van der Waals surface area contributed by atoms with E-state index in [1.807, 2.05) is 42.5 Å². The summed E-state index contributed by atoms with van der Waals surface area (Å²) in [7, 11) is 0. The van der Waals surface area contributed by atoms with Gasteiger partial charge in [-0.15, -0.1) is 0 Å². The highest BCUT2D eigenvalue weighted by atomic mass is 16.4. The van der Waals surface area contributed by atoms with Gasteiger partial charge in [0.05, 0.1) is 0 Å². The SMILES string of the molecule is [2H]OC(=O)C(C#N)=C(c1ccccc1)c1ccccc1. The van der Waals surface area contributed by atoms with E-state index in [2.05, 4.69) is 5.11 Å². The van der Waals surface area contributed by atoms with Gasteiger partial charge in [0, 0.05) is 5.57 Å². The molecule has 2 rings (SSSR count). The molecule has 3 nitrogen and oxygen atoms in total. The molecule has 0 heterocycles. The van der Waals surface area contributed by atoms with Gasteiger partial charge in [-0.05, 0) is 11.1 Å². The lowest BCUT2D eigenvalue weighted by Crippen LogP contribution is -2.03. The van der Waals surface area contributed by atoms with E-state index >= 15 is 0 Å². The summed E-state index contributed by atoms with van der Waals surface area (Å²) < 4.78 is 6.73. The summed E-state index contributed by atoms with van der Waals surface area (Å²) in [6, 6.07) is 20.0. The Morgan fingerprint density at radius 3 is 1.84 bits per heavy atom. The van der Waals surface area contributed by atoms with Gasteiger partial charge in [-0.2, -0.15) is 5.26 Å². The number of carbonyl (C=O) groups is 1. The van der Waals surface area contributed by atoms with Gasteiger partial charge in [0.25, 0.3) is 1.43 Å². The van der Waals surface area contributed by atoms with Gasteiger partial charge in [0.15, 0.2) is 0 Å². The molecule has 92 valence electrons. The van der Waals surface area contributed by atoms with Crippen molar-refractivity contribution >= 4 is 11.5 Å². The van der Waals surface area contributed by atoms with Crippen LogP contribution in [-0.4, -0.2) is 11.1 Å². The fourth-order valence-corrected chi connectivity index (χ4v) is 1.87. The fourth-order valence-electron chi connectivity index (χ4n) is 1.87. The van der Waals surface area contributed by atoms with Crippen molar-refractivity contribution in [1.82, 2.24) is 0 Å². The highest BCUT2D eigenvalue weighted by molar-refractivity contribution is 6.04. The molecule has 0 radical (unpaired) electrons. The van der Waals surface area contributed by atoms with Crippen LogP contribution in [0.2, 0.25) is 0 Å². The van der Waals surface area contributed by atoms with Gasteiger partial charge in [-0.3, -0.25) is 0 Å². The van der Waals surface area contributed by atoms with E-state index in [0.717, 1.165) is 11.1 Å². The maximum Gasteiger partial charge on any atom is 0.347 e. The topological polar surface area (TPSA) is 61.1 Å². The van der Waals surface area contributed by atoms with Gasteiger partial charge < -0.3 is 5.11 Å². The van der Waals surface area contributed by atoms with Crippen molar-refractivity contribution in [3.8, 4) is 6.07 Å². The Balaban J connectivity index is 2.71. The number of hydrogen-bond acceptors (Lipinski definition) is 3. The summed E-state index contributed by atoms with van der Waals surface area (Å²) in [4.78, 5) is 11.6. The average Bonchev–Trinajstić information content (AvgIpc) is 2.53. The number of nitrogens with zero attached hydrogens (tertiary/aromatic N) is 1. The Morgan fingerprint density at radius 1 is 1.00 bits per heavy atom. The van der Waals surface area contributed by atoms with E-state index in [9.17, 15) is 10.1 Å². The monoisotopic (exact) mass is 250 g/mol. The van der Waals surface area contributed by atoms with Crippen LogP contribution in [0.3, 0.4) is 0 Å². The maximum atomic E-state index is 11.6. The predicted octanol–water partition coefficient (Wildman–Crippen LogP) is 3.10. The molecule has 2 aromatic carbocycles. The van der Waals surface area contributed by atoms with Crippen LogP contribution in [0.5, 0.6) is 0 Å². The molecule has 0 aliphatic rings. The highest BCUT2D eigenvalue weighted by Crippen LogP contribution is 2.26. The minimum absolute atomic E-state index is 0.183. The third-order valence-corrected chi connectivity index (χ3v) is 2.69. The molecular weight excluding hydrogens is 238 g/mol. The first kappa shape index (κ1) is 11.2.